The van der Waals surface area contributed by atoms with Crippen LogP contribution in [0.3, 0.4) is 0 Å². The molecule has 0 bridgehead atoms. The molecular weight excluding hydrogens is 695 g/mol. The van der Waals surface area contributed by atoms with E-state index in [2.05, 4.69) is 124 Å². The molecule has 0 saturated heterocycles. The van der Waals surface area contributed by atoms with Gasteiger partial charge >= 0.3 is 84.9 Å². The fourth-order valence-electron chi connectivity index (χ4n) is 2.46. The molecule has 0 atom stereocenters. The van der Waals surface area contributed by atoms with Crippen molar-refractivity contribution >= 4 is 25.3 Å². The maximum atomic E-state index is 7.50. The summed E-state index contributed by atoms with van der Waals surface area (Å²) >= 11 is 0. The molecule has 238 valence electrons. The van der Waals surface area contributed by atoms with Crippen LogP contribution in [-0.2, 0) is 62.1 Å². The molecule has 0 heterocycles. The largest absolute Gasteiger partial charge is 2.00 e. The fraction of sp³-hybridized carbons (Fsp3) is 0.108. The molecule has 7 nitrogen and oxygen atoms in total. The third kappa shape index (κ3) is 42.0. The van der Waals surface area contributed by atoms with Crippen molar-refractivity contribution in [1.29, 1.82) is 0 Å². The van der Waals surface area contributed by atoms with Crippen LogP contribution in [-0.4, -0.2) is 5.54 Å². The van der Waals surface area contributed by atoms with Crippen LogP contribution >= 0.6 is 8.58 Å². The smallest absolute Gasteiger partial charge is 0.150 e. The molecule has 0 amide bonds. The summed E-state index contributed by atoms with van der Waals surface area (Å²) in [7, 11) is 0.777. The van der Waals surface area contributed by atoms with Gasteiger partial charge in [0.15, 0.2) is 0 Å². The van der Waals surface area contributed by atoms with Crippen molar-refractivity contribution in [3.05, 3.63) is 190 Å². The average molecular weight is 727 g/mol. The third-order valence-electron chi connectivity index (χ3n) is 4.15. The molecular formula is C37H31Mn2NO6P+. The van der Waals surface area contributed by atoms with Crippen molar-refractivity contribution in [1.82, 2.24) is 0 Å². The van der Waals surface area contributed by atoms with Gasteiger partial charge in [-0.25, -0.2) is 6.57 Å². The van der Waals surface area contributed by atoms with E-state index in [9.17, 15) is 0 Å². The summed E-state index contributed by atoms with van der Waals surface area (Å²) in [5.74, 6) is 0. The Morgan fingerprint density at radius 1 is 0.532 bits per heavy atom. The summed E-state index contributed by atoms with van der Waals surface area (Å²) in [6.07, 6.45) is 5.23. The Kier molecular flexibility index (Phi) is 60.9. The molecule has 2 radical (unpaired) electrons. The number of nitrogens with zero attached hydrogens (tertiary/aromatic N) is 1. The second-order valence-electron chi connectivity index (χ2n) is 8.21. The molecule has 4 rings (SSSR count). The summed E-state index contributed by atoms with van der Waals surface area (Å²) in [6, 6.07) is 41.5. The van der Waals surface area contributed by atoms with Crippen molar-refractivity contribution in [2.45, 2.75) is 26.3 Å². The van der Waals surface area contributed by atoms with Crippen LogP contribution in [0.5, 0.6) is 0 Å². The van der Waals surface area contributed by atoms with Gasteiger partial charge in [-0.05, 0) is 10.6 Å². The monoisotopic (exact) mass is 726 g/mol. The van der Waals surface area contributed by atoms with Gasteiger partial charge in [0.25, 0.3) is 0 Å². The quantitative estimate of drug-likeness (QED) is 0.0687. The van der Waals surface area contributed by atoms with E-state index in [1.165, 1.54) is 16.2 Å². The van der Waals surface area contributed by atoms with Gasteiger partial charge in [0, 0.05) is 37.8 Å². The Balaban J connectivity index is -0.0000000897. The first kappa shape index (κ1) is 58.5. The van der Waals surface area contributed by atoms with Crippen LogP contribution in [0.1, 0.15) is 31.9 Å². The summed E-state index contributed by atoms with van der Waals surface area (Å²) < 4.78 is 45.0. The molecule has 4 aromatic rings. The molecule has 47 heavy (non-hydrogen) atoms. The molecule has 0 spiro atoms. The van der Waals surface area contributed by atoms with E-state index < -0.39 is 0 Å². The zero-order valence-corrected chi connectivity index (χ0v) is 29.1. The van der Waals surface area contributed by atoms with Crippen LogP contribution < -0.4 is 10.6 Å². The van der Waals surface area contributed by atoms with Gasteiger partial charge in [0.05, 0.1) is 0 Å². The van der Waals surface area contributed by atoms with Gasteiger partial charge in [0.2, 0.25) is 5.54 Å². The number of benzene rings is 4. The van der Waals surface area contributed by atoms with Crippen molar-refractivity contribution < 1.29 is 62.1 Å². The molecule has 0 fully saturated rings. The molecule has 0 aromatic heterocycles. The molecule has 0 aliphatic heterocycles. The minimum absolute atomic E-state index is 0. The molecule has 0 N–H and O–H groups in total. The van der Waals surface area contributed by atoms with Gasteiger partial charge in [-0.2, -0.15) is 0 Å². The maximum Gasteiger partial charge on any atom is 2.00 e. The van der Waals surface area contributed by atoms with Crippen molar-refractivity contribution in [2.24, 2.45) is 0 Å². The van der Waals surface area contributed by atoms with Crippen LogP contribution in [0.25, 0.3) is 10.9 Å². The standard InChI is InChI=1S/C14H11.C12H11P.C5H9N.6CO.2Mn/c1-3-7-13(8-4-1)11-12-14-9-5-2-6-10-14;1-3-7-11(8-4-1)13-12-9-5-2-6-10-12;1-5(2,3)6-4;6*1-2;;/h1-11H;1-10,13H;1-3H3;;;;;;;;/q-1;;;;;;;;;;+2. The molecule has 0 saturated carbocycles. The Morgan fingerprint density at radius 2 is 0.787 bits per heavy atom. The zero-order chi connectivity index (χ0) is 35.8. The van der Waals surface area contributed by atoms with Gasteiger partial charge in [-0.3, -0.25) is 0 Å². The maximum absolute atomic E-state index is 7.50. The first-order valence-corrected chi connectivity index (χ1v) is 13.1. The van der Waals surface area contributed by atoms with E-state index in [1.807, 2.05) is 75.4 Å². The van der Waals surface area contributed by atoms with E-state index in [1.54, 1.807) is 0 Å². The Labute approximate surface area is 302 Å². The topological polar surface area (TPSA) is 124 Å². The second-order valence-corrected chi connectivity index (χ2v) is 9.61. The van der Waals surface area contributed by atoms with E-state index in [-0.39, 0.29) is 39.7 Å². The Hall–Kier alpha value is -3.98. The van der Waals surface area contributed by atoms with Gasteiger partial charge in [0.1, 0.15) is 0 Å². The minimum Gasteiger partial charge on any atom is -0.150 e. The van der Waals surface area contributed by atoms with Crippen LogP contribution in [0.2, 0.25) is 0 Å². The second kappa shape index (κ2) is 48.9. The third-order valence-corrected chi connectivity index (χ3v) is 5.39. The van der Waals surface area contributed by atoms with Gasteiger partial charge in [-0.1, -0.05) is 111 Å². The Bertz CT molecular complexity index is 1270. The molecule has 0 aliphatic rings. The number of hydrogen-bond donors (Lipinski definition) is 0. The summed E-state index contributed by atoms with van der Waals surface area (Å²) in [4.78, 5) is 3.27. The van der Waals surface area contributed by atoms with E-state index in [0.717, 1.165) is 14.1 Å². The first-order valence-electron chi connectivity index (χ1n) is 12.1. The molecule has 0 aliphatic carbocycles. The normalized spacial score (nSPS) is 7.45. The van der Waals surface area contributed by atoms with Gasteiger partial charge in [-0.15, -0.1) is 42.0 Å². The van der Waals surface area contributed by atoms with E-state index in [0.29, 0.717) is 0 Å². The average Bonchev–Trinajstić information content (AvgIpc) is 3.14. The first-order chi connectivity index (χ1) is 22.0. The minimum atomic E-state index is -0.167. The van der Waals surface area contributed by atoms with Crippen molar-refractivity contribution in [3.63, 3.8) is 0 Å². The van der Waals surface area contributed by atoms with Crippen molar-refractivity contribution in [2.75, 3.05) is 0 Å². The van der Waals surface area contributed by atoms with Crippen LogP contribution in [0.4, 0.5) is 0 Å². The van der Waals surface area contributed by atoms with Gasteiger partial charge < -0.3 is 4.85 Å². The van der Waals surface area contributed by atoms with Crippen LogP contribution in [0, 0.1) is 52.6 Å². The molecule has 4 aromatic carbocycles. The van der Waals surface area contributed by atoms with Crippen LogP contribution in [0.15, 0.2) is 121 Å². The summed E-state index contributed by atoms with van der Waals surface area (Å²) in [5, 5.41) is 2.79. The fourth-order valence-corrected chi connectivity index (χ4v) is 3.51. The predicted octanol–water partition coefficient (Wildman–Crippen LogP) is 7.34. The SMILES string of the molecule is [C-]#[N+]C(C)(C)C.[C-]#[O+].[C-]#[O+].[C-]#[O+].[C-]#[O+].[C-]#[O+].[C-]#[O+].[C-](=Cc1ccccc1)c1ccccc1.[Mn+2].[Mn].c1ccc(Pc2ccccc2)cc1. The molecule has 0 unspecified atom stereocenters. The predicted molar refractivity (Wildman–Crippen MR) is 170 cm³/mol. The van der Waals surface area contributed by atoms with E-state index in [4.69, 9.17) is 34.5 Å². The Morgan fingerprint density at radius 3 is 1.06 bits per heavy atom. The van der Waals surface area contributed by atoms with Crippen molar-refractivity contribution in [3.8, 4) is 0 Å². The van der Waals surface area contributed by atoms with E-state index >= 15 is 0 Å². The molecule has 10 heteroatoms. The number of rotatable bonds is 4. The summed E-state index contributed by atoms with van der Waals surface area (Å²) in [6.45, 7) is 39.1. The zero-order valence-electron chi connectivity index (χ0n) is 25.8. The summed E-state index contributed by atoms with van der Waals surface area (Å²) in [5.41, 5.74) is 2.12. The number of hydrogen-bond acceptors (Lipinski definition) is 0.